The summed E-state index contributed by atoms with van der Waals surface area (Å²) in [6.07, 6.45) is 2.82. The van der Waals surface area contributed by atoms with Crippen molar-refractivity contribution in [2.45, 2.75) is 25.9 Å². The molecule has 1 fully saturated rings. The van der Waals surface area contributed by atoms with Crippen molar-refractivity contribution < 1.29 is 0 Å². The van der Waals surface area contributed by atoms with Crippen molar-refractivity contribution in [1.29, 1.82) is 0 Å². The minimum Gasteiger partial charge on any atom is -0.357 e. The molecule has 0 saturated carbocycles. The van der Waals surface area contributed by atoms with Crippen LogP contribution in [0.5, 0.6) is 0 Å². The van der Waals surface area contributed by atoms with Gasteiger partial charge in [0.05, 0.1) is 11.6 Å². The first-order valence-corrected chi connectivity index (χ1v) is 9.44. The van der Waals surface area contributed by atoms with Gasteiger partial charge in [0.25, 0.3) is 0 Å². The van der Waals surface area contributed by atoms with E-state index in [1.165, 1.54) is 4.88 Å². The Balaban J connectivity index is 1.60. The zero-order valence-corrected chi connectivity index (χ0v) is 15.3. The van der Waals surface area contributed by atoms with Gasteiger partial charge in [-0.05, 0) is 36.9 Å². The van der Waals surface area contributed by atoms with Crippen LogP contribution in [0.4, 0.5) is 5.82 Å². The van der Waals surface area contributed by atoms with Crippen LogP contribution in [0.15, 0.2) is 40.8 Å². The van der Waals surface area contributed by atoms with Crippen molar-refractivity contribution in [3.8, 4) is 0 Å². The number of nitrogens with zero attached hydrogens (tertiary/aromatic N) is 3. The molecule has 1 aliphatic rings. The SMILES string of the molecule is CCNC(=NCc1cccs1)NC1CCN(c2ncccc2Cl)C1. The number of guanidine groups is 1. The summed E-state index contributed by atoms with van der Waals surface area (Å²) < 4.78 is 0. The van der Waals surface area contributed by atoms with Crippen LogP contribution in [-0.2, 0) is 6.54 Å². The van der Waals surface area contributed by atoms with Gasteiger partial charge in [-0.15, -0.1) is 11.3 Å². The van der Waals surface area contributed by atoms with E-state index in [0.717, 1.165) is 37.8 Å². The maximum Gasteiger partial charge on any atom is 0.191 e. The van der Waals surface area contributed by atoms with E-state index in [1.807, 2.05) is 12.1 Å². The Morgan fingerprint density at radius 3 is 3.12 bits per heavy atom. The molecule has 3 rings (SSSR count). The third-order valence-corrected chi connectivity index (χ3v) is 5.04. The van der Waals surface area contributed by atoms with E-state index in [-0.39, 0.29) is 0 Å². The molecule has 2 N–H and O–H groups in total. The first-order chi connectivity index (χ1) is 11.8. The highest BCUT2D eigenvalue weighted by molar-refractivity contribution is 7.09. The van der Waals surface area contributed by atoms with Crippen LogP contribution >= 0.6 is 22.9 Å². The second-order valence-corrected chi connectivity index (χ2v) is 7.10. The lowest BCUT2D eigenvalue weighted by Crippen LogP contribution is -2.44. The van der Waals surface area contributed by atoms with Gasteiger partial charge in [0.2, 0.25) is 0 Å². The molecule has 0 amide bonds. The summed E-state index contributed by atoms with van der Waals surface area (Å²) in [6.45, 7) is 5.45. The Bertz CT molecular complexity index is 673. The summed E-state index contributed by atoms with van der Waals surface area (Å²) in [5.41, 5.74) is 0. The molecule has 0 aromatic carbocycles. The monoisotopic (exact) mass is 363 g/mol. The van der Waals surface area contributed by atoms with Crippen molar-refractivity contribution in [3.63, 3.8) is 0 Å². The molecule has 0 bridgehead atoms. The van der Waals surface area contributed by atoms with Crippen molar-refractivity contribution in [3.05, 3.63) is 45.7 Å². The first kappa shape index (κ1) is 17.0. The van der Waals surface area contributed by atoms with Crippen molar-refractivity contribution in [2.24, 2.45) is 4.99 Å². The number of thiophene rings is 1. The van der Waals surface area contributed by atoms with E-state index < -0.39 is 0 Å². The Morgan fingerprint density at radius 2 is 2.38 bits per heavy atom. The largest absolute Gasteiger partial charge is 0.357 e. The number of hydrogen-bond donors (Lipinski definition) is 2. The van der Waals surface area contributed by atoms with Gasteiger partial charge in [0.1, 0.15) is 5.82 Å². The molecule has 1 unspecified atom stereocenters. The molecule has 0 radical (unpaired) electrons. The van der Waals surface area contributed by atoms with Gasteiger partial charge in [0.15, 0.2) is 5.96 Å². The second-order valence-electron chi connectivity index (χ2n) is 5.66. The Labute approximate surface area is 151 Å². The number of hydrogen-bond acceptors (Lipinski definition) is 4. The topological polar surface area (TPSA) is 52.6 Å². The summed E-state index contributed by atoms with van der Waals surface area (Å²) in [6, 6.07) is 8.25. The van der Waals surface area contributed by atoms with Gasteiger partial charge < -0.3 is 15.5 Å². The van der Waals surface area contributed by atoms with Gasteiger partial charge >= 0.3 is 0 Å². The summed E-state index contributed by atoms with van der Waals surface area (Å²) in [5, 5.41) is 9.64. The molecule has 24 heavy (non-hydrogen) atoms. The van der Waals surface area contributed by atoms with Crippen molar-refractivity contribution in [2.75, 3.05) is 24.5 Å². The maximum absolute atomic E-state index is 6.25. The molecule has 1 atom stereocenters. The van der Waals surface area contributed by atoms with E-state index in [2.05, 4.69) is 49.9 Å². The zero-order valence-electron chi connectivity index (χ0n) is 13.7. The van der Waals surface area contributed by atoms with E-state index >= 15 is 0 Å². The van der Waals surface area contributed by atoms with E-state index in [4.69, 9.17) is 11.6 Å². The van der Waals surface area contributed by atoms with Crippen LogP contribution in [0.2, 0.25) is 5.02 Å². The van der Waals surface area contributed by atoms with Crippen LogP contribution in [-0.4, -0.2) is 36.6 Å². The average Bonchev–Trinajstić information content (AvgIpc) is 3.25. The number of pyridine rings is 1. The van der Waals surface area contributed by atoms with Crippen molar-refractivity contribution in [1.82, 2.24) is 15.6 Å². The number of anilines is 1. The lowest BCUT2D eigenvalue weighted by Gasteiger charge is -2.20. The Kier molecular flexibility index (Phi) is 5.93. The molecule has 128 valence electrons. The Hall–Kier alpha value is -1.79. The lowest BCUT2D eigenvalue weighted by molar-refractivity contribution is 0.649. The molecule has 1 aliphatic heterocycles. The van der Waals surface area contributed by atoms with E-state index in [1.54, 1.807) is 17.5 Å². The highest BCUT2D eigenvalue weighted by Crippen LogP contribution is 2.25. The third kappa shape index (κ3) is 4.39. The van der Waals surface area contributed by atoms with Gasteiger partial charge in [-0.2, -0.15) is 0 Å². The molecule has 5 nitrogen and oxygen atoms in total. The zero-order chi connectivity index (χ0) is 16.8. The molecule has 0 spiro atoms. The quantitative estimate of drug-likeness (QED) is 0.633. The summed E-state index contributed by atoms with van der Waals surface area (Å²) in [5.74, 6) is 1.73. The first-order valence-electron chi connectivity index (χ1n) is 8.19. The fourth-order valence-corrected chi connectivity index (χ4v) is 3.62. The minimum atomic E-state index is 0.337. The standard InChI is InChI=1S/C17H22ClN5S/c1-2-19-17(21-11-14-5-4-10-24-14)22-13-7-9-23(12-13)16-15(18)6-3-8-20-16/h3-6,8,10,13H,2,7,9,11-12H2,1H3,(H2,19,21,22). The van der Waals surface area contributed by atoms with Crippen LogP contribution in [0, 0.1) is 0 Å². The molecule has 1 saturated heterocycles. The lowest BCUT2D eigenvalue weighted by atomic mass is 10.3. The van der Waals surface area contributed by atoms with Crippen LogP contribution in [0.1, 0.15) is 18.2 Å². The summed E-state index contributed by atoms with van der Waals surface area (Å²) >= 11 is 7.99. The van der Waals surface area contributed by atoms with Crippen LogP contribution in [0.3, 0.4) is 0 Å². The van der Waals surface area contributed by atoms with Gasteiger partial charge in [0, 0.05) is 36.8 Å². The molecule has 2 aromatic heterocycles. The normalized spacial score (nSPS) is 18.0. The average molecular weight is 364 g/mol. The molecule has 0 aliphatic carbocycles. The Morgan fingerprint density at radius 1 is 1.46 bits per heavy atom. The maximum atomic E-state index is 6.25. The molecular weight excluding hydrogens is 342 g/mol. The van der Waals surface area contributed by atoms with E-state index in [0.29, 0.717) is 17.6 Å². The smallest absolute Gasteiger partial charge is 0.191 e. The van der Waals surface area contributed by atoms with Crippen molar-refractivity contribution >= 4 is 34.7 Å². The van der Waals surface area contributed by atoms with Gasteiger partial charge in [-0.3, -0.25) is 0 Å². The molecular formula is C17H22ClN5S. The van der Waals surface area contributed by atoms with Gasteiger partial charge in [-0.25, -0.2) is 9.98 Å². The molecule has 2 aromatic rings. The third-order valence-electron chi connectivity index (χ3n) is 3.89. The fourth-order valence-electron chi connectivity index (χ4n) is 2.75. The number of rotatable bonds is 5. The number of aliphatic imine (C=N–C) groups is 1. The number of halogens is 1. The highest BCUT2D eigenvalue weighted by Gasteiger charge is 2.25. The predicted molar refractivity (Wildman–Crippen MR) is 102 cm³/mol. The molecule has 3 heterocycles. The minimum absolute atomic E-state index is 0.337. The fraction of sp³-hybridized carbons (Fsp3) is 0.412. The van der Waals surface area contributed by atoms with E-state index in [9.17, 15) is 0 Å². The van der Waals surface area contributed by atoms with Crippen LogP contribution < -0.4 is 15.5 Å². The van der Waals surface area contributed by atoms with Gasteiger partial charge in [-0.1, -0.05) is 17.7 Å². The number of nitrogens with one attached hydrogen (secondary N) is 2. The summed E-state index contributed by atoms with van der Waals surface area (Å²) in [4.78, 5) is 12.6. The molecule has 7 heteroatoms. The van der Waals surface area contributed by atoms with Crippen LogP contribution in [0.25, 0.3) is 0 Å². The number of aromatic nitrogens is 1. The second kappa shape index (κ2) is 8.35. The predicted octanol–water partition coefficient (Wildman–Crippen LogP) is 3.13. The highest BCUT2D eigenvalue weighted by atomic mass is 35.5. The summed E-state index contributed by atoms with van der Waals surface area (Å²) in [7, 11) is 0.